The van der Waals surface area contributed by atoms with Gasteiger partial charge in [0.2, 0.25) is 0 Å². The Balaban J connectivity index is 2.05. The molecule has 0 spiro atoms. The van der Waals surface area contributed by atoms with Crippen molar-refractivity contribution in [2.45, 2.75) is 0 Å². The van der Waals surface area contributed by atoms with Crippen LogP contribution in [0.4, 0.5) is 22.7 Å². The summed E-state index contributed by atoms with van der Waals surface area (Å²) in [6, 6.07) is 15.3. The largest absolute Gasteiger partial charge is 0.378 e. The van der Waals surface area contributed by atoms with E-state index in [1.165, 1.54) is 0 Å². The van der Waals surface area contributed by atoms with Crippen LogP contribution in [0.1, 0.15) is 0 Å². The van der Waals surface area contributed by atoms with E-state index in [2.05, 4.69) is 15.5 Å². The Morgan fingerprint density at radius 2 is 1.43 bits per heavy atom. The molecule has 0 heterocycles. The lowest BCUT2D eigenvalue weighted by molar-refractivity contribution is 1.13. The van der Waals surface area contributed by atoms with E-state index in [4.69, 9.17) is 18.0 Å². The zero-order chi connectivity index (χ0) is 15.2. The maximum absolute atomic E-state index is 5.41. The van der Waals surface area contributed by atoms with Crippen molar-refractivity contribution in [1.29, 1.82) is 0 Å². The fourth-order valence-corrected chi connectivity index (χ4v) is 1.80. The van der Waals surface area contributed by atoms with Gasteiger partial charge >= 0.3 is 0 Å². The Hall–Kier alpha value is -2.47. The fourth-order valence-electron chi connectivity index (χ4n) is 1.69. The summed E-state index contributed by atoms with van der Waals surface area (Å²) in [5, 5.41) is 11.5. The highest BCUT2D eigenvalue weighted by atomic mass is 32.1. The molecule has 108 valence electrons. The second kappa shape index (κ2) is 6.81. The number of azo groups is 1. The Kier molecular flexibility index (Phi) is 4.84. The second-order valence-corrected chi connectivity index (χ2v) is 5.09. The monoisotopic (exact) mass is 299 g/mol. The second-order valence-electron chi connectivity index (χ2n) is 4.65. The zero-order valence-electron chi connectivity index (χ0n) is 11.9. The fraction of sp³-hybridized carbons (Fsp3) is 0.133. The maximum Gasteiger partial charge on any atom is 0.168 e. The van der Waals surface area contributed by atoms with Gasteiger partial charge in [0.05, 0.1) is 11.4 Å². The lowest BCUT2D eigenvalue weighted by Crippen LogP contribution is -2.18. The molecule has 2 rings (SSSR count). The lowest BCUT2D eigenvalue weighted by Gasteiger charge is -2.11. The third-order valence-electron chi connectivity index (χ3n) is 2.78. The molecule has 0 atom stereocenters. The molecule has 0 unspecified atom stereocenters. The van der Waals surface area contributed by atoms with Crippen LogP contribution in [0.5, 0.6) is 0 Å². The molecule has 3 N–H and O–H groups in total. The van der Waals surface area contributed by atoms with Gasteiger partial charge in [0, 0.05) is 25.5 Å². The number of nitrogens with two attached hydrogens (primary N) is 1. The molecular weight excluding hydrogens is 282 g/mol. The highest BCUT2D eigenvalue weighted by molar-refractivity contribution is 7.80. The van der Waals surface area contributed by atoms with Crippen LogP contribution < -0.4 is 16.0 Å². The van der Waals surface area contributed by atoms with Gasteiger partial charge in [-0.15, -0.1) is 0 Å². The third kappa shape index (κ3) is 4.54. The normalized spacial score (nSPS) is 10.6. The van der Waals surface area contributed by atoms with Crippen LogP contribution in [0.25, 0.3) is 0 Å². The standard InChI is InChI=1S/C15H17N5S/c1-20(2)14-9-7-13(8-10-14)19-18-12-5-3-11(4-6-12)17-15(16)21/h3-10H,1-2H3,(H3,16,17,21). The topological polar surface area (TPSA) is 66.0 Å². The molecule has 0 aromatic heterocycles. The van der Waals surface area contributed by atoms with Gasteiger partial charge in [0.1, 0.15) is 0 Å². The molecule has 2 aromatic carbocycles. The molecular formula is C15H17N5S. The summed E-state index contributed by atoms with van der Waals surface area (Å²) in [5.41, 5.74) is 8.94. The van der Waals surface area contributed by atoms with Gasteiger partial charge < -0.3 is 16.0 Å². The van der Waals surface area contributed by atoms with E-state index in [1.54, 1.807) is 0 Å². The summed E-state index contributed by atoms with van der Waals surface area (Å²) >= 11 is 4.78. The van der Waals surface area contributed by atoms with Crippen molar-refractivity contribution in [2.75, 3.05) is 24.3 Å². The van der Waals surface area contributed by atoms with Gasteiger partial charge in [0.25, 0.3) is 0 Å². The van der Waals surface area contributed by atoms with Gasteiger partial charge in [-0.3, -0.25) is 0 Å². The maximum atomic E-state index is 5.41. The number of hydrogen-bond acceptors (Lipinski definition) is 4. The number of hydrogen-bond donors (Lipinski definition) is 2. The van der Waals surface area contributed by atoms with Crippen molar-refractivity contribution < 1.29 is 0 Å². The summed E-state index contributed by atoms with van der Waals surface area (Å²) in [6.45, 7) is 0. The number of thiocarbonyl (C=S) groups is 1. The predicted octanol–water partition coefficient (Wildman–Crippen LogP) is 3.82. The van der Waals surface area contributed by atoms with Crippen molar-refractivity contribution in [1.82, 2.24) is 0 Å². The molecule has 0 radical (unpaired) electrons. The van der Waals surface area contributed by atoms with E-state index >= 15 is 0 Å². The first kappa shape index (κ1) is 14.9. The van der Waals surface area contributed by atoms with Crippen molar-refractivity contribution in [3.8, 4) is 0 Å². The highest BCUT2D eigenvalue weighted by Gasteiger charge is 1.96. The van der Waals surface area contributed by atoms with Gasteiger partial charge in [-0.25, -0.2) is 0 Å². The Morgan fingerprint density at radius 1 is 0.952 bits per heavy atom. The Labute approximate surface area is 129 Å². The molecule has 0 bridgehead atoms. The quantitative estimate of drug-likeness (QED) is 0.665. The van der Waals surface area contributed by atoms with Crippen LogP contribution in [-0.2, 0) is 0 Å². The minimum Gasteiger partial charge on any atom is -0.378 e. The predicted molar refractivity (Wildman–Crippen MR) is 91.8 cm³/mol. The van der Waals surface area contributed by atoms with Gasteiger partial charge in [-0.05, 0) is 60.7 Å². The SMILES string of the molecule is CN(C)c1ccc(N=Nc2ccc(NC(N)=S)cc2)cc1. The van der Waals surface area contributed by atoms with E-state index in [0.717, 1.165) is 22.7 Å². The highest BCUT2D eigenvalue weighted by Crippen LogP contribution is 2.22. The average Bonchev–Trinajstić information content (AvgIpc) is 2.46. The van der Waals surface area contributed by atoms with E-state index in [0.29, 0.717) is 0 Å². The van der Waals surface area contributed by atoms with Crippen LogP contribution in [0.2, 0.25) is 0 Å². The van der Waals surface area contributed by atoms with Crippen LogP contribution in [0, 0.1) is 0 Å². The van der Waals surface area contributed by atoms with Gasteiger partial charge in [-0.1, -0.05) is 0 Å². The summed E-state index contributed by atoms with van der Waals surface area (Å²) < 4.78 is 0. The lowest BCUT2D eigenvalue weighted by atomic mass is 10.3. The molecule has 0 fully saturated rings. The molecule has 0 amide bonds. The van der Waals surface area contributed by atoms with Crippen LogP contribution in [0.15, 0.2) is 58.8 Å². The summed E-state index contributed by atoms with van der Waals surface area (Å²) in [4.78, 5) is 2.04. The first-order valence-corrected chi connectivity index (χ1v) is 6.81. The molecule has 21 heavy (non-hydrogen) atoms. The van der Waals surface area contributed by atoms with E-state index in [1.807, 2.05) is 67.5 Å². The number of nitrogens with one attached hydrogen (secondary N) is 1. The first-order chi connectivity index (χ1) is 10.0. The number of benzene rings is 2. The van der Waals surface area contributed by atoms with Crippen LogP contribution in [0.3, 0.4) is 0 Å². The molecule has 6 heteroatoms. The molecule has 0 aliphatic heterocycles. The molecule has 5 nitrogen and oxygen atoms in total. The number of rotatable bonds is 4. The minimum atomic E-state index is 0.241. The van der Waals surface area contributed by atoms with Crippen molar-refractivity contribution >= 4 is 40.1 Å². The Morgan fingerprint density at radius 3 is 1.86 bits per heavy atom. The first-order valence-electron chi connectivity index (χ1n) is 6.40. The summed E-state index contributed by atoms with van der Waals surface area (Å²) in [6.07, 6.45) is 0. The smallest absolute Gasteiger partial charge is 0.168 e. The number of anilines is 2. The van der Waals surface area contributed by atoms with E-state index in [-0.39, 0.29) is 5.11 Å². The van der Waals surface area contributed by atoms with Crippen molar-refractivity contribution in [3.05, 3.63) is 48.5 Å². The van der Waals surface area contributed by atoms with Crippen molar-refractivity contribution in [2.24, 2.45) is 16.0 Å². The van der Waals surface area contributed by atoms with Crippen LogP contribution in [-0.4, -0.2) is 19.2 Å². The average molecular weight is 299 g/mol. The van der Waals surface area contributed by atoms with Gasteiger partial charge in [-0.2, -0.15) is 10.2 Å². The van der Waals surface area contributed by atoms with Crippen molar-refractivity contribution in [3.63, 3.8) is 0 Å². The van der Waals surface area contributed by atoms with Gasteiger partial charge in [0.15, 0.2) is 5.11 Å². The minimum absolute atomic E-state index is 0.241. The molecule has 0 saturated carbocycles. The zero-order valence-corrected chi connectivity index (χ0v) is 12.8. The molecule has 2 aromatic rings. The summed E-state index contributed by atoms with van der Waals surface area (Å²) in [7, 11) is 4.00. The molecule has 0 saturated heterocycles. The molecule has 0 aliphatic carbocycles. The van der Waals surface area contributed by atoms with Crippen LogP contribution >= 0.6 is 12.2 Å². The van der Waals surface area contributed by atoms with E-state index in [9.17, 15) is 0 Å². The number of nitrogens with zero attached hydrogens (tertiary/aromatic N) is 3. The van der Waals surface area contributed by atoms with E-state index < -0.39 is 0 Å². The Bertz CT molecular complexity index is 632. The third-order valence-corrected chi connectivity index (χ3v) is 2.88. The summed E-state index contributed by atoms with van der Waals surface area (Å²) in [5.74, 6) is 0. The molecule has 0 aliphatic rings.